The van der Waals surface area contributed by atoms with Crippen LogP contribution < -0.4 is 0 Å². The van der Waals surface area contributed by atoms with Crippen LogP contribution in [0.4, 0.5) is 0 Å². The molecule has 0 fully saturated rings. The van der Waals surface area contributed by atoms with Gasteiger partial charge in [-0.05, 0) is 11.8 Å². The van der Waals surface area contributed by atoms with Crippen molar-refractivity contribution >= 4 is 23.5 Å². The first-order valence-electron chi connectivity index (χ1n) is 4.43. The molecule has 6 heteroatoms. The van der Waals surface area contributed by atoms with E-state index in [1.807, 2.05) is 11.8 Å². The molecule has 0 atom stereocenters. The Labute approximate surface area is 91.3 Å². The average Bonchev–Trinajstić information content (AvgIpc) is 2.20. The van der Waals surface area contributed by atoms with Crippen molar-refractivity contribution in [3.8, 4) is 11.8 Å². The van der Waals surface area contributed by atoms with Crippen LogP contribution in [-0.4, -0.2) is 33.7 Å². The molecule has 0 radical (unpaired) electrons. The molecular weight excluding hydrogens is 216 g/mol. The number of carboxylic acid groups (broad SMARTS) is 2. The van der Waals surface area contributed by atoms with E-state index < -0.39 is 23.5 Å². The van der Waals surface area contributed by atoms with E-state index in [2.05, 4.69) is 0 Å². The van der Waals surface area contributed by atoms with Crippen molar-refractivity contribution in [1.82, 2.24) is 0 Å². The van der Waals surface area contributed by atoms with Crippen molar-refractivity contribution in [2.45, 2.75) is 25.7 Å². The summed E-state index contributed by atoms with van der Waals surface area (Å²) in [6.45, 7) is 0. The highest BCUT2D eigenvalue weighted by Crippen LogP contribution is 1.92. The van der Waals surface area contributed by atoms with E-state index in [1.165, 1.54) is 0 Å². The smallest absolute Gasteiger partial charge is 0.303 e. The van der Waals surface area contributed by atoms with Gasteiger partial charge in [-0.25, -0.2) is 0 Å². The molecule has 0 rings (SSSR count). The SMILES string of the molecule is O=C(O)CCC(=O)C#CC(=O)CCC(=O)O. The first-order valence-corrected chi connectivity index (χ1v) is 4.43. The molecule has 0 aliphatic heterocycles. The number of Topliss-reactive ketones (excluding diaryl/α,β-unsaturated/α-hetero) is 2. The second-order valence-corrected chi connectivity index (χ2v) is 2.88. The molecule has 6 nitrogen and oxygen atoms in total. The van der Waals surface area contributed by atoms with E-state index in [1.54, 1.807) is 0 Å². The second-order valence-electron chi connectivity index (χ2n) is 2.88. The quantitative estimate of drug-likeness (QED) is 0.482. The molecule has 0 saturated carbocycles. The predicted octanol–water partition coefficient (Wildman–Crippen LogP) is -0.142. The summed E-state index contributed by atoms with van der Waals surface area (Å²) in [6, 6.07) is 0. The van der Waals surface area contributed by atoms with Crippen molar-refractivity contribution in [3.63, 3.8) is 0 Å². The van der Waals surface area contributed by atoms with Gasteiger partial charge >= 0.3 is 11.9 Å². The van der Waals surface area contributed by atoms with Crippen molar-refractivity contribution in [3.05, 3.63) is 0 Å². The third kappa shape index (κ3) is 8.44. The molecular formula is C10H10O6. The standard InChI is InChI=1S/C10H10O6/c11-7(3-5-9(13)14)1-2-8(12)4-6-10(15)16/h3-6H2,(H,13,14)(H,15,16). The number of carbonyl (C=O) groups is 4. The van der Waals surface area contributed by atoms with Gasteiger partial charge in [0.15, 0.2) is 0 Å². The van der Waals surface area contributed by atoms with Crippen LogP contribution in [0.3, 0.4) is 0 Å². The third-order valence-electron chi connectivity index (χ3n) is 1.47. The van der Waals surface area contributed by atoms with Crippen LogP contribution in [0, 0.1) is 11.8 Å². The minimum absolute atomic E-state index is 0.255. The van der Waals surface area contributed by atoms with E-state index in [0.29, 0.717) is 0 Å². The normalized spacial score (nSPS) is 8.75. The lowest BCUT2D eigenvalue weighted by Gasteiger charge is -1.89. The van der Waals surface area contributed by atoms with Gasteiger partial charge in [-0.1, -0.05) is 0 Å². The molecule has 86 valence electrons. The van der Waals surface area contributed by atoms with Crippen molar-refractivity contribution in [2.24, 2.45) is 0 Å². The summed E-state index contributed by atoms with van der Waals surface area (Å²) in [6.07, 6.45) is -1.18. The lowest BCUT2D eigenvalue weighted by Crippen LogP contribution is -2.03. The Morgan fingerprint density at radius 3 is 1.25 bits per heavy atom. The molecule has 0 heterocycles. The van der Waals surface area contributed by atoms with Gasteiger partial charge in [0.05, 0.1) is 12.8 Å². The molecule has 0 spiro atoms. The number of carboxylic acids is 2. The fourth-order valence-corrected chi connectivity index (χ4v) is 0.705. The number of aliphatic carboxylic acids is 2. The van der Waals surface area contributed by atoms with Gasteiger partial charge in [0.1, 0.15) is 0 Å². The molecule has 2 N–H and O–H groups in total. The summed E-state index contributed by atoms with van der Waals surface area (Å²) in [5.74, 6) is 0.403. The van der Waals surface area contributed by atoms with Gasteiger partial charge in [-0.3, -0.25) is 19.2 Å². The largest absolute Gasteiger partial charge is 0.481 e. The molecule has 0 unspecified atom stereocenters. The second kappa shape index (κ2) is 7.17. The summed E-state index contributed by atoms with van der Waals surface area (Å²) in [7, 11) is 0. The monoisotopic (exact) mass is 226 g/mol. The van der Waals surface area contributed by atoms with Gasteiger partial charge in [-0.2, -0.15) is 0 Å². The highest BCUT2D eigenvalue weighted by molar-refractivity contribution is 6.05. The Morgan fingerprint density at radius 1 is 0.688 bits per heavy atom. The Morgan fingerprint density at radius 2 is 1.00 bits per heavy atom. The molecule has 0 aromatic heterocycles. The van der Waals surface area contributed by atoms with E-state index in [0.717, 1.165) is 0 Å². The Hall–Kier alpha value is -2.16. The Balaban J connectivity index is 3.98. The molecule has 0 amide bonds. The zero-order valence-corrected chi connectivity index (χ0v) is 8.36. The average molecular weight is 226 g/mol. The molecule has 0 aromatic carbocycles. The summed E-state index contributed by atoms with van der Waals surface area (Å²) < 4.78 is 0. The fraction of sp³-hybridized carbons (Fsp3) is 0.400. The van der Waals surface area contributed by atoms with E-state index >= 15 is 0 Å². The maximum absolute atomic E-state index is 10.9. The van der Waals surface area contributed by atoms with Gasteiger partial charge in [-0.15, -0.1) is 0 Å². The Kier molecular flexibility index (Phi) is 6.21. The van der Waals surface area contributed by atoms with Crippen LogP contribution in [0.1, 0.15) is 25.7 Å². The molecule has 0 aliphatic rings. The third-order valence-corrected chi connectivity index (χ3v) is 1.47. The first-order chi connectivity index (χ1) is 7.41. The number of hydrogen-bond donors (Lipinski definition) is 2. The number of carbonyl (C=O) groups excluding carboxylic acids is 2. The molecule has 0 aliphatic carbocycles. The molecule has 0 bridgehead atoms. The van der Waals surface area contributed by atoms with Crippen LogP contribution in [0.5, 0.6) is 0 Å². The summed E-state index contributed by atoms with van der Waals surface area (Å²) in [4.78, 5) is 41.9. The molecule has 16 heavy (non-hydrogen) atoms. The highest BCUT2D eigenvalue weighted by Gasteiger charge is 2.04. The summed E-state index contributed by atoms with van der Waals surface area (Å²) >= 11 is 0. The van der Waals surface area contributed by atoms with Crippen molar-refractivity contribution in [2.75, 3.05) is 0 Å². The van der Waals surface area contributed by atoms with E-state index in [4.69, 9.17) is 10.2 Å². The fourth-order valence-electron chi connectivity index (χ4n) is 0.705. The van der Waals surface area contributed by atoms with Crippen LogP contribution in [0.2, 0.25) is 0 Å². The molecule has 0 aromatic rings. The van der Waals surface area contributed by atoms with E-state index in [9.17, 15) is 19.2 Å². The minimum atomic E-state index is -1.12. The number of rotatable bonds is 6. The highest BCUT2D eigenvalue weighted by atomic mass is 16.4. The lowest BCUT2D eigenvalue weighted by atomic mass is 10.2. The van der Waals surface area contributed by atoms with Crippen molar-refractivity contribution in [1.29, 1.82) is 0 Å². The minimum Gasteiger partial charge on any atom is -0.481 e. The van der Waals surface area contributed by atoms with Crippen LogP contribution in [0.25, 0.3) is 0 Å². The molecule has 0 saturated heterocycles. The van der Waals surface area contributed by atoms with Gasteiger partial charge in [0, 0.05) is 12.8 Å². The zero-order chi connectivity index (χ0) is 12.6. The number of ketones is 2. The van der Waals surface area contributed by atoms with Crippen LogP contribution in [0.15, 0.2) is 0 Å². The summed E-state index contributed by atoms with van der Waals surface area (Å²) in [5, 5.41) is 16.5. The van der Waals surface area contributed by atoms with Crippen LogP contribution >= 0.6 is 0 Å². The summed E-state index contributed by atoms with van der Waals surface area (Å²) in [5.41, 5.74) is 0. The predicted molar refractivity (Wildman–Crippen MR) is 51.5 cm³/mol. The van der Waals surface area contributed by atoms with Gasteiger partial charge < -0.3 is 10.2 Å². The van der Waals surface area contributed by atoms with Crippen LogP contribution in [-0.2, 0) is 19.2 Å². The van der Waals surface area contributed by atoms with E-state index in [-0.39, 0.29) is 25.7 Å². The Bertz CT molecular complexity index is 337. The van der Waals surface area contributed by atoms with Gasteiger partial charge in [0.2, 0.25) is 11.6 Å². The lowest BCUT2D eigenvalue weighted by molar-refractivity contribution is -0.138. The maximum Gasteiger partial charge on any atom is 0.303 e. The topological polar surface area (TPSA) is 109 Å². The first kappa shape index (κ1) is 13.8. The number of hydrogen-bond acceptors (Lipinski definition) is 4. The zero-order valence-electron chi connectivity index (χ0n) is 8.36. The maximum atomic E-state index is 10.9. The van der Waals surface area contributed by atoms with Gasteiger partial charge in [0.25, 0.3) is 0 Å². The van der Waals surface area contributed by atoms with Crippen molar-refractivity contribution < 1.29 is 29.4 Å².